The first-order valence-electron chi connectivity index (χ1n) is 12.0. The molecule has 1 atom stereocenters. The first-order valence-corrected chi connectivity index (χ1v) is 12.8. The van der Waals surface area contributed by atoms with Gasteiger partial charge in [-0.1, -0.05) is 72.8 Å². The summed E-state index contributed by atoms with van der Waals surface area (Å²) in [6, 6.07) is 29.9. The molecule has 0 saturated heterocycles. The number of carbonyl (C=O) groups is 2. The first kappa shape index (κ1) is 25.5. The highest BCUT2D eigenvalue weighted by atomic mass is 32.2. The quantitative estimate of drug-likeness (QED) is 0.253. The van der Waals surface area contributed by atoms with Crippen molar-refractivity contribution in [3.8, 4) is 0 Å². The van der Waals surface area contributed by atoms with Crippen LogP contribution in [0.15, 0.2) is 102 Å². The molecule has 0 unspecified atom stereocenters. The number of fused-ring (bicyclic) bond motifs is 1. The minimum atomic E-state index is -0.740. The van der Waals surface area contributed by atoms with E-state index in [0.717, 1.165) is 21.2 Å². The number of amides is 2. The summed E-state index contributed by atoms with van der Waals surface area (Å²) >= 11 is 1.58. The summed E-state index contributed by atoms with van der Waals surface area (Å²) in [5.41, 5.74) is 2.15. The van der Waals surface area contributed by atoms with Gasteiger partial charge in [0.1, 0.15) is 6.04 Å². The SMILES string of the molecule is CC(C)(C)NSc1cccc2c(NC(=O)[C@H](Cc3ccccc3)NC(=O)c3ccccc3)cccc12. The lowest BCUT2D eigenvalue weighted by Gasteiger charge is -2.21. The van der Waals surface area contributed by atoms with Gasteiger partial charge in [-0.3, -0.25) is 14.3 Å². The Morgan fingerprint density at radius 1 is 0.778 bits per heavy atom. The fraction of sp³-hybridized carbons (Fsp3) is 0.200. The van der Waals surface area contributed by atoms with Gasteiger partial charge in [-0.25, -0.2) is 0 Å². The minimum Gasteiger partial charge on any atom is -0.340 e. The van der Waals surface area contributed by atoms with Crippen LogP contribution in [-0.4, -0.2) is 23.4 Å². The Balaban J connectivity index is 1.59. The molecule has 0 heterocycles. The normalized spacial score (nSPS) is 12.2. The molecule has 0 radical (unpaired) electrons. The average molecular weight is 498 g/mol. The van der Waals surface area contributed by atoms with Crippen molar-refractivity contribution in [2.45, 2.75) is 43.7 Å². The van der Waals surface area contributed by atoms with Crippen LogP contribution in [0.4, 0.5) is 5.69 Å². The van der Waals surface area contributed by atoms with Crippen LogP contribution < -0.4 is 15.4 Å². The standard InChI is InChI=1S/C30H31N3O2S/c1-30(2,3)33-36-27-19-11-16-23-24(27)17-10-18-25(23)31-29(35)26(20-21-12-6-4-7-13-21)32-28(34)22-14-8-5-9-15-22/h4-19,26,33H,20H2,1-3H3,(H,31,35)(H,32,34)/t26-/m0/s1. The summed E-state index contributed by atoms with van der Waals surface area (Å²) < 4.78 is 3.46. The zero-order valence-electron chi connectivity index (χ0n) is 20.7. The highest BCUT2D eigenvalue weighted by Gasteiger charge is 2.23. The lowest BCUT2D eigenvalue weighted by Crippen LogP contribution is -2.45. The Morgan fingerprint density at radius 3 is 2.11 bits per heavy atom. The van der Waals surface area contributed by atoms with E-state index in [1.807, 2.05) is 60.7 Å². The van der Waals surface area contributed by atoms with Gasteiger partial charge in [-0.2, -0.15) is 0 Å². The fourth-order valence-corrected chi connectivity index (χ4v) is 4.65. The molecule has 3 N–H and O–H groups in total. The first-order chi connectivity index (χ1) is 17.3. The van der Waals surface area contributed by atoms with Gasteiger partial charge in [0, 0.05) is 33.5 Å². The highest BCUT2D eigenvalue weighted by Crippen LogP contribution is 2.32. The molecule has 0 fully saturated rings. The Bertz CT molecular complexity index is 1330. The van der Waals surface area contributed by atoms with Crippen molar-refractivity contribution in [1.82, 2.24) is 10.0 Å². The van der Waals surface area contributed by atoms with Crippen LogP contribution in [0.2, 0.25) is 0 Å². The Morgan fingerprint density at radius 2 is 1.42 bits per heavy atom. The van der Waals surface area contributed by atoms with Crippen LogP contribution in [-0.2, 0) is 11.2 Å². The molecule has 2 amide bonds. The number of carbonyl (C=O) groups excluding carboxylic acids is 2. The van der Waals surface area contributed by atoms with Gasteiger partial charge < -0.3 is 10.6 Å². The molecule has 6 heteroatoms. The molecule has 4 rings (SSSR count). The number of hydrogen-bond acceptors (Lipinski definition) is 4. The van der Waals surface area contributed by atoms with Crippen molar-refractivity contribution >= 4 is 40.2 Å². The van der Waals surface area contributed by atoms with Crippen molar-refractivity contribution < 1.29 is 9.59 Å². The van der Waals surface area contributed by atoms with Crippen molar-refractivity contribution in [3.63, 3.8) is 0 Å². The molecule has 0 saturated carbocycles. The second-order valence-electron chi connectivity index (χ2n) is 9.68. The van der Waals surface area contributed by atoms with Gasteiger partial charge in [0.05, 0.1) is 0 Å². The van der Waals surface area contributed by atoms with E-state index in [1.54, 1.807) is 36.2 Å². The molecule has 0 bridgehead atoms. The summed E-state index contributed by atoms with van der Waals surface area (Å²) in [6.45, 7) is 6.36. The van der Waals surface area contributed by atoms with Gasteiger partial charge in [0.15, 0.2) is 0 Å². The largest absolute Gasteiger partial charge is 0.340 e. The predicted molar refractivity (Wildman–Crippen MR) is 149 cm³/mol. The Labute approximate surface area is 216 Å². The monoisotopic (exact) mass is 497 g/mol. The van der Waals surface area contributed by atoms with Crippen LogP contribution >= 0.6 is 11.9 Å². The zero-order chi connectivity index (χ0) is 25.5. The minimum absolute atomic E-state index is 0.0414. The molecular formula is C30H31N3O2S. The Kier molecular flexibility index (Phi) is 8.08. The molecule has 184 valence electrons. The number of benzene rings is 4. The molecule has 0 aliphatic rings. The van der Waals surface area contributed by atoms with Crippen LogP contribution in [0.5, 0.6) is 0 Å². The maximum atomic E-state index is 13.5. The van der Waals surface area contributed by atoms with Gasteiger partial charge in [0.2, 0.25) is 5.91 Å². The molecule has 4 aromatic rings. The summed E-state index contributed by atoms with van der Waals surface area (Å²) in [4.78, 5) is 27.5. The van der Waals surface area contributed by atoms with Crippen molar-refractivity contribution in [2.24, 2.45) is 0 Å². The fourth-order valence-electron chi connectivity index (χ4n) is 3.80. The van der Waals surface area contributed by atoms with Crippen molar-refractivity contribution in [1.29, 1.82) is 0 Å². The van der Waals surface area contributed by atoms with Gasteiger partial charge in [-0.05, 0) is 67.9 Å². The van der Waals surface area contributed by atoms with E-state index < -0.39 is 6.04 Å². The van der Waals surface area contributed by atoms with Crippen molar-refractivity contribution in [3.05, 3.63) is 108 Å². The number of hydrogen-bond donors (Lipinski definition) is 3. The maximum absolute atomic E-state index is 13.5. The lowest BCUT2D eigenvalue weighted by molar-refractivity contribution is -0.118. The van der Waals surface area contributed by atoms with Crippen LogP contribution in [0.3, 0.4) is 0 Å². The lowest BCUT2D eigenvalue weighted by atomic mass is 10.0. The third-order valence-corrected chi connectivity index (χ3v) is 6.84. The average Bonchev–Trinajstić information content (AvgIpc) is 2.88. The molecule has 0 aliphatic carbocycles. The zero-order valence-corrected chi connectivity index (χ0v) is 21.6. The summed E-state index contributed by atoms with van der Waals surface area (Å²) in [5.74, 6) is -0.543. The van der Waals surface area contributed by atoms with Crippen molar-refractivity contribution in [2.75, 3.05) is 5.32 Å². The van der Waals surface area contributed by atoms with Crippen LogP contribution in [0.1, 0.15) is 36.7 Å². The number of nitrogens with one attached hydrogen (secondary N) is 3. The van der Waals surface area contributed by atoms with E-state index in [2.05, 4.69) is 48.3 Å². The van der Waals surface area contributed by atoms with E-state index in [9.17, 15) is 9.59 Å². The second-order valence-corrected chi connectivity index (χ2v) is 10.5. The van der Waals surface area contributed by atoms with E-state index in [0.29, 0.717) is 17.7 Å². The second kappa shape index (κ2) is 11.4. The van der Waals surface area contributed by atoms with Gasteiger partial charge in [0.25, 0.3) is 5.91 Å². The smallest absolute Gasteiger partial charge is 0.251 e. The summed E-state index contributed by atoms with van der Waals surface area (Å²) in [6.07, 6.45) is 0.382. The third kappa shape index (κ3) is 6.74. The number of anilines is 1. The van der Waals surface area contributed by atoms with E-state index >= 15 is 0 Å². The van der Waals surface area contributed by atoms with Gasteiger partial charge >= 0.3 is 0 Å². The highest BCUT2D eigenvalue weighted by molar-refractivity contribution is 7.97. The third-order valence-electron chi connectivity index (χ3n) is 5.55. The molecule has 0 spiro atoms. The topological polar surface area (TPSA) is 70.2 Å². The Hall–Kier alpha value is -3.61. The molecular weight excluding hydrogens is 466 g/mol. The summed E-state index contributed by atoms with van der Waals surface area (Å²) in [5, 5.41) is 8.00. The predicted octanol–water partition coefficient (Wildman–Crippen LogP) is 6.21. The van der Waals surface area contributed by atoms with E-state index in [-0.39, 0.29) is 17.4 Å². The van der Waals surface area contributed by atoms with Crippen LogP contribution in [0.25, 0.3) is 10.8 Å². The molecule has 0 aliphatic heterocycles. The molecule has 36 heavy (non-hydrogen) atoms. The molecule has 0 aromatic heterocycles. The number of rotatable bonds is 8. The maximum Gasteiger partial charge on any atom is 0.251 e. The molecule has 4 aromatic carbocycles. The molecule has 5 nitrogen and oxygen atoms in total. The summed E-state index contributed by atoms with van der Waals surface area (Å²) in [7, 11) is 0. The van der Waals surface area contributed by atoms with Crippen LogP contribution in [0, 0.1) is 0 Å². The van der Waals surface area contributed by atoms with E-state index in [1.165, 1.54) is 0 Å². The van der Waals surface area contributed by atoms with E-state index in [4.69, 9.17) is 0 Å². The van der Waals surface area contributed by atoms with Gasteiger partial charge in [-0.15, -0.1) is 0 Å².